The zero-order valence-corrected chi connectivity index (χ0v) is 7.93. The SMILES string of the molecule is CCO[P+](=O)C(=O)OCCC(F)F. The summed E-state index contributed by atoms with van der Waals surface area (Å²) in [6.07, 6.45) is -3.08. The normalized spacial score (nSPS) is 11.5. The van der Waals surface area contributed by atoms with E-state index in [0.717, 1.165) is 0 Å². The summed E-state index contributed by atoms with van der Waals surface area (Å²) in [6.45, 7) is 1.23. The predicted octanol–water partition coefficient (Wildman–Crippen LogP) is 2.56. The van der Waals surface area contributed by atoms with Gasteiger partial charge < -0.3 is 4.74 Å². The van der Waals surface area contributed by atoms with E-state index < -0.39 is 33.2 Å². The Balaban J connectivity index is 3.56. The third-order valence-electron chi connectivity index (χ3n) is 0.957. The van der Waals surface area contributed by atoms with Crippen molar-refractivity contribution in [3.8, 4) is 0 Å². The van der Waals surface area contributed by atoms with E-state index in [-0.39, 0.29) is 6.61 Å². The minimum absolute atomic E-state index is 0.110. The lowest BCUT2D eigenvalue weighted by Gasteiger charge is -1.96. The van der Waals surface area contributed by atoms with Crippen molar-refractivity contribution in [1.29, 1.82) is 0 Å². The second-order valence-electron chi connectivity index (χ2n) is 1.97. The molecule has 0 saturated carbocycles. The summed E-state index contributed by atoms with van der Waals surface area (Å²) in [5, 5.41) is 0. The minimum Gasteiger partial charge on any atom is -0.425 e. The third-order valence-corrected chi connectivity index (χ3v) is 1.88. The van der Waals surface area contributed by atoms with E-state index in [0.29, 0.717) is 0 Å². The largest absolute Gasteiger partial charge is 0.636 e. The number of halogens is 2. The highest BCUT2D eigenvalue weighted by atomic mass is 31.1. The van der Waals surface area contributed by atoms with Gasteiger partial charge in [0, 0.05) is 6.42 Å². The zero-order valence-electron chi connectivity index (χ0n) is 7.03. The van der Waals surface area contributed by atoms with Gasteiger partial charge in [-0.1, -0.05) is 0 Å². The minimum atomic E-state index is -2.53. The van der Waals surface area contributed by atoms with Crippen LogP contribution in [0.2, 0.25) is 0 Å². The molecule has 0 spiro atoms. The molecule has 0 aromatic carbocycles. The summed E-state index contributed by atoms with van der Waals surface area (Å²) >= 11 is 0. The molecule has 0 aromatic heterocycles. The highest BCUT2D eigenvalue weighted by molar-refractivity contribution is 7.58. The van der Waals surface area contributed by atoms with Crippen molar-refractivity contribution in [3.05, 3.63) is 0 Å². The average Bonchev–Trinajstić information content (AvgIpc) is 2.04. The van der Waals surface area contributed by atoms with Crippen molar-refractivity contribution >= 4 is 13.7 Å². The third kappa shape index (κ3) is 6.54. The molecule has 0 bridgehead atoms. The fourth-order valence-electron chi connectivity index (χ4n) is 0.458. The average molecular weight is 215 g/mol. The molecule has 0 radical (unpaired) electrons. The van der Waals surface area contributed by atoms with Gasteiger partial charge in [-0.3, -0.25) is 0 Å². The summed E-state index contributed by atoms with van der Waals surface area (Å²) in [6, 6.07) is 0. The monoisotopic (exact) mass is 215 g/mol. The molecule has 1 unspecified atom stereocenters. The predicted molar refractivity (Wildman–Crippen MR) is 41.2 cm³/mol. The Morgan fingerprint density at radius 2 is 2.15 bits per heavy atom. The van der Waals surface area contributed by atoms with Crippen LogP contribution >= 0.6 is 8.03 Å². The molecule has 4 nitrogen and oxygen atoms in total. The van der Waals surface area contributed by atoms with Crippen molar-refractivity contribution in [2.24, 2.45) is 0 Å². The molecule has 0 fully saturated rings. The van der Waals surface area contributed by atoms with Gasteiger partial charge in [0.2, 0.25) is 6.43 Å². The highest BCUT2D eigenvalue weighted by Gasteiger charge is 2.33. The molecule has 0 aliphatic carbocycles. The van der Waals surface area contributed by atoms with Crippen molar-refractivity contribution in [3.63, 3.8) is 0 Å². The molecule has 1 atom stereocenters. The lowest BCUT2D eigenvalue weighted by Crippen LogP contribution is -2.04. The van der Waals surface area contributed by atoms with E-state index in [9.17, 15) is 18.1 Å². The smallest absolute Gasteiger partial charge is 0.425 e. The van der Waals surface area contributed by atoms with Crippen LogP contribution in [0, 0.1) is 0 Å². The van der Waals surface area contributed by atoms with Gasteiger partial charge in [-0.2, -0.15) is 4.79 Å². The lowest BCUT2D eigenvalue weighted by molar-refractivity contribution is 0.0974. The Morgan fingerprint density at radius 3 is 2.62 bits per heavy atom. The number of alkyl halides is 2. The van der Waals surface area contributed by atoms with Crippen LogP contribution in [0.1, 0.15) is 13.3 Å². The van der Waals surface area contributed by atoms with Gasteiger partial charge in [-0.05, 0) is 11.5 Å². The van der Waals surface area contributed by atoms with Gasteiger partial charge in [0.25, 0.3) is 0 Å². The zero-order chi connectivity index (χ0) is 10.3. The molecule has 0 aliphatic rings. The van der Waals surface area contributed by atoms with Crippen LogP contribution in [0.4, 0.5) is 13.6 Å². The van der Waals surface area contributed by atoms with Gasteiger partial charge in [0.1, 0.15) is 13.2 Å². The first-order valence-corrected chi connectivity index (χ1v) is 4.80. The molecule has 0 heterocycles. The number of rotatable bonds is 6. The fraction of sp³-hybridized carbons (Fsp3) is 0.833. The van der Waals surface area contributed by atoms with Crippen LogP contribution < -0.4 is 0 Å². The van der Waals surface area contributed by atoms with Gasteiger partial charge in [0.15, 0.2) is 0 Å². The molecule has 0 rings (SSSR count). The molecule has 0 saturated heterocycles. The van der Waals surface area contributed by atoms with Crippen molar-refractivity contribution < 1.29 is 27.4 Å². The Morgan fingerprint density at radius 1 is 1.54 bits per heavy atom. The Hall–Kier alpha value is -0.610. The van der Waals surface area contributed by atoms with E-state index in [1.165, 1.54) is 0 Å². The van der Waals surface area contributed by atoms with E-state index in [2.05, 4.69) is 9.26 Å². The first-order chi connectivity index (χ1) is 6.07. The maximum absolute atomic E-state index is 11.5. The first-order valence-electron chi connectivity index (χ1n) is 3.63. The second kappa shape index (κ2) is 6.86. The molecule has 0 amide bonds. The van der Waals surface area contributed by atoms with Crippen LogP contribution in [0.25, 0.3) is 0 Å². The van der Waals surface area contributed by atoms with E-state index >= 15 is 0 Å². The standard InChI is InChI=1S/C6H10F2O4P/c1-2-12-13(10)6(9)11-4-3-5(7)8/h5H,2-4H2,1H3/q+1. The molecule has 0 aromatic rings. The van der Waals surface area contributed by atoms with Crippen LogP contribution in [0.5, 0.6) is 0 Å². The molecule has 7 heteroatoms. The van der Waals surface area contributed by atoms with Crippen LogP contribution in [-0.2, 0) is 13.8 Å². The Labute approximate surface area is 75.1 Å². The van der Waals surface area contributed by atoms with Crippen molar-refractivity contribution in [2.75, 3.05) is 13.2 Å². The first kappa shape index (κ1) is 12.4. The van der Waals surface area contributed by atoms with Crippen molar-refractivity contribution in [2.45, 2.75) is 19.8 Å². The van der Waals surface area contributed by atoms with Crippen LogP contribution in [-0.4, -0.2) is 25.3 Å². The van der Waals surface area contributed by atoms with Crippen LogP contribution in [0.15, 0.2) is 0 Å². The summed E-state index contributed by atoms with van der Waals surface area (Å²) in [4.78, 5) is 10.6. The van der Waals surface area contributed by atoms with Crippen LogP contribution in [0.3, 0.4) is 0 Å². The maximum atomic E-state index is 11.5. The Kier molecular flexibility index (Phi) is 6.54. The maximum Gasteiger partial charge on any atom is 0.636 e. The highest BCUT2D eigenvalue weighted by Crippen LogP contribution is 2.24. The molecule has 76 valence electrons. The number of hydrogen-bond acceptors (Lipinski definition) is 4. The molecular weight excluding hydrogens is 205 g/mol. The molecular formula is C6H10F2O4P+. The number of hydrogen-bond donors (Lipinski definition) is 0. The summed E-state index contributed by atoms with van der Waals surface area (Å²) in [5.41, 5.74) is -1.09. The number of ether oxygens (including phenoxy) is 1. The lowest BCUT2D eigenvalue weighted by atomic mass is 10.5. The topological polar surface area (TPSA) is 52.6 Å². The Bertz CT molecular complexity index is 185. The molecule has 13 heavy (non-hydrogen) atoms. The summed E-state index contributed by atoms with van der Waals surface area (Å²) in [7, 11) is -2.53. The van der Waals surface area contributed by atoms with Gasteiger partial charge in [0.05, 0.1) is 0 Å². The number of carbonyl (C=O) groups is 1. The molecule has 0 N–H and O–H groups in total. The van der Waals surface area contributed by atoms with Crippen molar-refractivity contribution in [1.82, 2.24) is 0 Å². The van der Waals surface area contributed by atoms with E-state index in [4.69, 9.17) is 0 Å². The second-order valence-corrected chi connectivity index (χ2v) is 3.11. The quantitative estimate of drug-likeness (QED) is 0.639. The van der Waals surface area contributed by atoms with Gasteiger partial charge in [-0.15, -0.1) is 4.52 Å². The van der Waals surface area contributed by atoms with Gasteiger partial charge in [-0.25, -0.2) is 8.78 Å². The fourth-order valence-corrected chi connectivity index (χ4v) is 0.995. The van der Waals surface area contributed by atoms with E-state index in [1.54, 1.807) is 6.92 Å². The number of carbonyl (C=O) groups excluding carboxylic acids is 1. The van der Waals surface area contributed by atoms with E-state index in [1.807, 2.05) is 0 Å². The molecule has 0 aliphatic heterocycles. The summed E-state index contributed by atoms with van der Waals surface area (Å²) < 4.78 is 42.4. The summed E-state index contributed by atoms with van der Waals surface area (Å²) in [5.74, 6) is 0. The van der Waals surface area contributed by atoms with Gasteiger partial charge >= 0.3 is 13.7 Å².